The van der Waals surface area contributed by atoms with Crippen molar-refractivity contribution >= 4 is 11.6 Å². The molecule has 0 radical (unpaired) electrons. The molecule has 1 amide bonds. The molecule has 0 aliphatic carbocycles. The monoisotopic (exact) mass is 282 g/mol. The fraction of sp³-hybridized carbons (Fsp3) is 0.125. The maximum atomic E-state index is 12.5. The first kappa shape index (κ1) is 13.2. The molecule has 3 rings (SSSR count). The standard InChI is InChI=1S/C16H14N2O3/c1-10-5-3-6-12(9-10)17-16(19)14-11(2)21-18-15(14)13-7-4-8-20-13/h3-9H,1-2H3,(H,17,19). The smallest absolute Gasteiger partial charge is 0.261 e. The lowest BCUT2D eigenvalue weighted by Crippen LogP contribution is -2.13. The highest BCUT2D eigenvalue weighted by Gasteiger charge is 2.23. The minimum atomic E-state index is -0.272. The molecule has 1 N–H and O–H groups in total. The van der Waals surface area contributed by atoms with E-state index >= 15 is 0 Å². The Balaban J connectivity index is 1.93. The number of carbonyl (C=O) groups is 1. The normalized spacial score (nSPS) is 10.6. The molecule has 0 aliphatic rings. The summed E-state index contributed by atoms with van der Waals surface area (Å²) in [5.74, 6) is 0.679. The third-order valence-corrected chi connectivity index (χ3v) is 3.12. The second kappa shape index (κ2) is 5.28. The molecule has 1 aromatic carbocycles. The third kappa shape index (κ3) is 2.58. The number of rotatable bonds is 3. The zero-order chi connectivity index (χ0) is 14.8. The molecule has 0 saturated carbocycles. The van der Waals surface area contributed by atoms with Crippen molar-refractivity contribution in [1.82, 2.24) is 5.16 Å². The Morgan fingerprint density at radius 3 is 2.76 bits per heavy atom. The maximum absolute atomic E-state index is 12.5. The highest BCUT2D eigenvalue weighted by atomic mass is 16.5. The van der Waals surface area contributed by atoms with Crippen molar-refractivity contribution in [1.29, 1.82) is 0 Å². The number of nitrogens with zero attached hydrogens (tertiary/aromatic N) is 1. The molecule has 2 heterocycles. The fourth-order valence-corrected chi connectivity index (χ4v) is 2.14. The number of aromatic nitrogens is 1. The van der Waals surface area contributed by atoms with Crippen molar-refractivity contribution < 1.29 is 13.7 Å². The van der Waals surface area contributed by atoms with Crippen LogP contribution in [0.15, 0.2) is 51.6 Å². The summed E-state index contributed by atoms with van der Waals surface area (Å²) in [6.45, 7) is 3.67. The number of benzene rings is 1. The number of furan rings is 1. The van der Waals surface area contributed by atoms with Crippen LogP contribution in [0, 0.1) is 13.8 Å². The van der Waals surface area contributed by atoms with Gasteiger partial charge in [0.15, 0.2) is 11.5 Å². The van der Waals surface area contributed by atoms with E-state index in [2.05, 4.69) is 10.5 Å². The lowest BCUT2D eigenvalue weighted by molar-refractivity contribution is 0.102. The van der Waals surface area contributed by atoms with Gasteiger partial charge in [0.25, 0.3) is 5.91 Å². The Kier molecular flexibility index (Phi) is 3.31. The first-order chi connectivity index (χ1) is 10.1. The maximum Gasteiger partial charge on any atom is 0.261 e. The zero-order valence-electron chi connectivity index (χ0n) is 11.7. The number of hydrogen-bond acceptors (Lipinski definition) is 4. The predicted molar refractivity (Wildman–Crippen MR) is 78.1 cm³/mol. The molecule has 0 bridgehead atoms. The summed E-state index contributed by atoms with van der Waals surface area (Å²) in [4.78, 5) is 12.5. The number of carbonyl (C=O) groups excluding carboxylic acids is 1. The molecule has 0 aliphatic heterocycles. The van der Waals surface area contributed by atoms with Crippen molar-refractivity contribution in [3.63, 3.8) is 0 Å². The van der Waals surface area contributed by atoms with Gasteiger partial charge in [-0.05, 0) is 43.7 Å². The van der Waals surface area contributed by atoms with Crippen LogP contribution in [0.4, 0.5) is 5.69 Å². The topological polar surface area (TPSA) is 68.3 Å². The van der Waals surface area contributed by atoms with Crippen LogP contribution in [0.5, 0.6) is 0 Å². The molecule has 0 saturated heterocycles. The molecule has 21 heavy (non-hydrogen) atoms. The van der Waals surface area contributed by atoms with Crippen molar-refractivity contribution in [3.05, 3.63) is 59.5 Å². The van der Waals surface area contributed by atoms with Gasteiger partial charge in [0.05, 0.1) is 6.26 Å². The Morgan fingerprint density at radius 2 is 2.05 bits per heavy atom. The first-order valence-corrected chi connectivity index (χ1v) is 6.53. The predicted octanol–water partition coefficient (Wildman–Crippen LogP) is 3.80. The first-order valence-electron chi connectivity index (χ1n) is 6.53. The van der Waals surface area contributed by atoms with Crippen molar-refractivity contribution in [2.24, 2.45) is 0 Å². The second-order valence-corrected chi connectivity index (χ2v) is 4.76. The van der Waals surface area contributed by atoms with Crippen LogP contribution in [-0.2, 0) is 0 Å². The number of amides is 1. The summed E-state index contributed by atoms with van der Waals surface area (Å²) in [5.41, 5.74) is 2.58. The molecule has 0 unspecified atom stereocenters. The summed E-state index contributed by atoms with van der Waals surface area (Å²) >= 11 is 0. The van der Waals surface area contributed by atoms with Crippen LogP contribution < -0.4 is 5.32 Å². The number of hydrogen-bond donors (Lipinski definition) is 1. The van der Waals surface area contributed by atoms with E-state index in [-0.39, 0.29) is 5.91 Å². The Labute approximate surface area is 121 Å². The fourth-order valence-electron chi connectivity index (χ4n) is 2.14. The Hall–Kier alpha value is -2.82. The molecule has 5 heteroatoms. The van der Waals surface area contributed by atoms with Crippen LogP contribution in [0.2, 0.25) is 0 Å². The van der Waals surface area contributed by atoms with Crippen LogP contribution in [0.25, 0.3) is 11.5 Å². The van der Waals surface area contributed by atoms with Crippen LogP contribution >= 0.6 is 0 Å². The lowest BCUT2D eigenvalue weighted by atomic mass is 10.1. The van der Waals surface area contributed by atoms with Crippen molar-refractivity contribution in [2.75, 3.05) is 5.32 Å². The van der Waals surface area contributed by atoms with Crippen LogP contribution in [-0.4, -0.2) is 11.1 Å². The van der Waals surface area contributed by atoms with Gasteiger partial charge < -0.3 is 14.3 Å². The van der Waals surface area contributed by atoms with Gasteiger partial charge in [-0.2, -0.15) is 0 Å². The van der Waals surface area contributed by atoms with E-state index < -0.39 is 0 Å². The van der Waals surface area contributed by atoms with E-state index in [0.717, 1.165) is 11.3 Å². The van der Waals surface area contributed by atoms with Crippen LogP contribution in [0.1, 0.15) is 21.7 Å². The molecule has 5 nitrogen and oxygen atoms in total. The van der Waals surface area contributed by atoms with Gasteiger partial charge in [-0.3, -0.25) is 4.79 Å². The molecular weight excluding hydrogens is 268 g/mol. The minimum Gasteiger partial charge on any atom is -0.463 e. The average Bonchev–Trinajstić information content (AvgIpc) is 3.07. The Bertz CT molecular complexity index is 773. The highest BCUT2D eigenvalue weighted by Crippen LogP contribution is 2.26. The van der Waals surface area contributed by atoms with Gasteiger partial charge in [-0.1, -0.05) is 17.3 Å². The SMILES string of the molecule is Cc1cccc(NC(=O)c2c(-c3ccco3)noc2C)c1. The molecule has 3 aromatic rings. The Morgan fingerprint density at radius 1 is 1.19 bits per heavy atom. The largest absolute Gasteiger partial charge is 0.463 e. The molecule has 106 valence electrons. The van der Waals surface area contributed by atoms with Crippen LogP contribution in [0.3, 0.4) is 0 Å². The van der Waals surface area contributed by atoms with Gasteiger partial charge in [-0.15, -0.1) is 0 Å². The van der Waals surface area contributed by atoms with Gasteiger partial charge in [0.1, 0.15) is 11.3 Å². The van der Waals surface area contributed by atoms with Crippen molar-refractivity contribution in [2.45, 2.75) is 13.8 Å². The molecular formula is C16H14N2O3. The van der Waals surface area contributed by atoms with Gasteiger partial charge in [0, 0.05) is 5.69 Å². The number of aryl methyl sites for hydroxylation is 2. The number of anilines is 1. The summed E-state index contributed by atoms with van der Waals surface area (Å²) < 4.78 is 10.4. The van der Waals surface area contributed by atoms with E-state index in [0.29, 0.717) is 22.8 Å². The molecule has 2 aromatic heterocycles. The number of nitrogens with one attached hydrogen (secondary N) is 1. The van der Waals surface area contributed by atoms with E-state index in [1.165, 1.54) is 6.26 Å². The molecule has 0 atom stereocenters. The minimum absolute atomic E-state index is 0.272. The lowest BCUT2D eigenvalue weighted by Gasteiger charge is -2.05. The summed E-state index contributed by atoms with van der Waals surface area (Å²) in [5, 5.41) is 6.76. The average molecular weight is 282 g/mol. The van der Waals surface area contributed by atoms with Gasteiger partial charge in [-0.25, -0.2) is 0 Å². The van der Waals surface area contributed by atoms with Crippen molar-refractivity contribution in [3.8, 4) is 11.5 Å². The highest BCUT2D eigenvalue weighted by molar-refractivity contribution is 6.08. The second-order valence-electron chi connectivity index (χ2n) is 4.76. The van der Waals surface area contributed by atoms with E-state index in [1.54, 1.807) is 19.1 Å². The molecule has 0 fully saturated rings. The zero-order valence-corrected chi connectivity index (χ0v) is 11.7. The quantitative estimate of drug-likeness (QED) is 0.793. The summed E-state index contributed by atoms with van der Waals surface area (Å²) in [6.07, 6.45) is 1.53. The summed E-state index contributed by atoms with van der Waals surface area (Å²) in [7, 11) is 0. The molecule has 0 spiro atoms. The summed E-state index contributed by atoms with van der Waals surface area (Å²) in [6, 6.07) is 11.1. The van der Waals surface area contributed by atoms with E-state index in [4.69, 9.17) is 8.94 Å². The van der Waals surface area contributed by atoms with E-state index in [1.807, 2.05) is 31.2 Å². The third-order valence-electron chi connectivity index (χ3n) is 3.12. The van der Waals surface area contributed by atoms with Gasteiger partial charge >= 0.3 is 0 Å². The van der Waals surface area contributed by atoms with E-state index in [9.17, 15) is 4.79 Å². The van der Waals surface area contributed by atoms with Gasteiger partial charge in [0.2, 0.25) is 0 Å².